The molecule has 0 aromatic carbocycles. The number of Topliss-reactive ketones (excluding diaryl/α,β-unsaturated/α-hetero) is 1. The number of rotatable bonds is 5. The van der Waals surface area contributed by atoms with E-state index in [1.807, 2.05) is 10.8 Å². The summed E-state index contributed by atoms with van der Waals surface area (Å²) < 4.78 is 7.39. The highest BCUT2D eigenvalue weighted by molar-refractivity contribution is 5.93. The summed E-state index contributed by atoms with van der Waals surface area (Å²) in [5, 5.41) is 0. The standard InChI is InChI=1S/C12H18N2O2/c1-2-6-14-7-5-13-12(14)11(15)9-10-4-3-8-16-10/h5,7,10H,2-4,6,8-9H2,1H3. The molecule has 1 aliphatic heterocycles. The van der Waals surface area contributed by atoms with E-state index in [2.05, 4.69) is 11.9 Å². The summed E-state index contributed by atoms with van der Waals surface area (Å²) in [6.45, 7) is 3.74. The van der Waals surface area contributed by atoms with E-state index in [1.54, 1.807) is 6.20 Å². The summed E-state index contributed by atoms with van der Waals surface area (Å²) >= 11 is 0. The Morgan fingerprint density at radius 3 is 3.25 bits per heavy atom. The molecule has 0 N–H and O–H groups in total. The molecule has 0 amide bonds. The van der Waals surface area contributed by atoms with Crippen LogP contribution in [0.4, 0.5) is 0 Å². The van der Waals surface area contributed by atoms with Gasteiger partial charge < -0.3 is 9.30 Å². The SMILES string of the molecule is CCCn1ccnc1C(=O)CC1CCCO1. The highest BCUT2D eigenvalue weighted by atomic mass is 16.5. The van der Waals surface area contributed by atoms with Gasteiger partial charge >= 0.3 is 0 Å². The normalized spacial score (nSPS) is 20.2. The molecular formula is C12H18N2O2. The van der Waals surface area contributed by atoms with Gasteiger partial charge in [-0.15, -0.1) is 0 Å². The van der Waals surface area contributed by atoms with Gasteiger partial charge in [0.2, 0.25) is 5.78 Å². The largest absolute Gasteiger partial charge is 0.378 e. The van der Waals surface area contributed by atoms with Crippen molar-refractivity contribution in [2.45, 2.75) is 45.3 Å². The lowest BCUT2D eigenvalue weighted by molar-refractivity contribution is 0.0763. The molecule has 4 heteroatoms. The van der Waals surface area contributed by atoms with Crippen LogP contribution in [0.15, 0.2) is 12.4 Å². The van der Waals surface area contributed by atoms with Crippen molar-refractivity contribution in [1.82, 2.24) is 9.55 Å². The van der Waals surface area contributed by atoms with Crippen molar-refractivity contribution in [3.8, 4) is 0 Å². The maximum Gasteiger partial charge on any atom is 0.200 e. The van der Waals surface area contributed by atoms with E-state index in [0.717, 1.165) is 32.4 Å². The fraction of sp³-hybridized carbons (Fsp3) is 0.667. The zero-order valence-electron chi connectivity index (χ0n) is 9.69. The number of ether oxygens (including phenoxy) is 1. The van der Waals surface area contributed by atoms with Gasteiger partial charge in [0, 0.05) is 32.0 Å². The Balaban J connectivity index is 1.99. The summed E-state index contributed by atoms with van der Waals surface area (Å²) in [5.74, 6) is 0.683. The van der Waals surface area contributed by atoms with E-state index in [9.17, 15) is 4.79 Å². The maximum atomic E-state index is 12.0. The molecule has 0 bridgehead atoms. The minimum absolute atomic E-state index is 0.102. The fourth-order valence-corrected chi connectivity index (χ4v) is 2.09. The molecule has 0 aliphatic carbocycles. The van der Waals surface area contributed by atoms with Gasteiger partial charge in [-0.2, -0.15) is 0 Å². The van der Waals surface area contributed by atoms with Crippen molar-refractivity contribution in [1.29, 1.82) is 0 Å². The first-order chi connectivity index (χ1) is 7.81. The first kappa shape index (κ1) is 11.3. The molecule has 4 nitrogen and oxygen atoms in total. The van der Waals surface area contributed by atoms with Gasteiger partial charge in [-0.1, -0.05) is 6.92 Å². The summed E-state index contributed by atoms with van der Waals surface area (Å²) in [4.78, 5) is 16.1. The zero-order chi connectivity index (χ0) is 11.4. The lowest BCUT2D eigenvalue weighted by Crippen LogP contribution is -2.17. The van der Waals surface area contributed by atoms with Gasteiger partial charge in [-0.05, 0) is 19.3 Å². The van der Waals surface area contributed by atoms with Crippen molar-refractivity contribution < 1.29 is 9.53 Å². The molecule has 1 unspecified atom stereocenters. The second-order valence-electron chi connectivity index (χ2n) is 4.21. The lowest BCUT2D eigenvalue weighted by atomic mass is 10.1. The Morgan fingerprint density at radius 2 is 2.56 bits per heavy atom. The second kappa shape index (κ2) is 5.25. The summed E-state index contributed by atoms with van der Waals surface area (Å²) in [7, 11) is 0. The van der Waals surface area contributed by atoms with E-state index in [1.165, 1.54) is 0 Å². The van der Waals surface area contributed by atoms with Gasteiger partial charge in [-0.25, -0.2) is 4.98 Å². The molecule has 1 aliphatic rings. The van der Waals surface area contributed by atoms with E-state index in [-0.39, 0.29) is 11.9 Å². The number of imidazole rings is 1. The van der Waals surface area contributed by atoms with E-state index >= 15 is 0 Å². The molecule has 2 rings (SSSR count). The maximum absolute atomic E-state index is 12.0. The van der Waals surface area contributed by atoms with Gasteiger partial charge in [0.15, 0.2) is 5.82 Å². The number of nitrogens with zero attached hydrogens (tertiary/aromatic N) is 2. The Hall–Kier alpha value is -1.16. The van der Waals surface area contributed by atoms with Crippen LogP contribution in [0.25, 0.3) is 0 Å². The Kier molecular flexibility index (Phi) is 3.72. The Morgan fingerprint density at radius 1 is 1.69 bits per heavy atom. The van der Waals surface area contributed by atoms with Crippen LogP contribution in [0.2, 0.25) is 0 Å². The van der Waals surface area contributed by atoms with Crippen molar-refractivity contribution >= 4 is 5.78 Å². The average molecular weight is 222 g/mol. The minimum Gasteiger partial charge on any atom is -0.378 e. The van der Waals surface area contributed by atoms with Crippen LogP contribution in [0.5, 0.6) is 0 Å². The molecular weight excluding hydrogens is 204 g/mol. The predicted molar refractivity (Wildman–Crippen MR) is 60.4 cm³/mol. The number of aromatic nitrogens is 2. The monoisotopic (exact) mass is 222 g/mol. The molecule has 1 aromatic rings. The molecule has 1 fully saturated rings. The minimum atomic E-state index is 0.102. The highest BCUT2D eigenvalue weighted by Gasteiger charge is 2.22. The zero-order valence-corrected chi connectivity index (χ0v) is 9.69. The summed E-state index contributed by atoms with van der Waals surface area (Å²) in [6.07, 6.45) is 7.23. The molecule has 88 valence electrons. The third-order valence-electron chi connectivity index (χ3n) is 2.87. The highest BCUT2D eigenvalue weighted by Crippen LogP contribution is 2.17. The molecule has 0 spiro atoms. The smallest absolute Gasteiger partial charge is 0.200 e. The molecule has 1 saturated heterocycles. The van der Waals surface area contributed by atoms with E-state index < -0.39 is 0 Å². The van der Waals surface area contributed by atoms with Gasteiger partial charge in [0.05, 0.1) is 6.10 Å². The first-order valence-corrected chi connectivity index (χ1v) is 5.97. The number of hydrogen-bond donors (Lipinski definition) is 0. The Bertz CT molecular complexity index is 354. The summed E-state index contributed by atoms with van der Waals surface area (Å²) in [5.41, 5.74) is 0. The molecule has 0 radical (unpaired) electrons. The summed E-state index contributed by atoms with van der Waals surface area (Å²) in [6, 6.07) is 0. The van der Waals surface area contributed by atoms with Crippen LogP contribution >= 0.6 is 0 Å². The van der Waals surface area contributed by atoms with Crippen LogP contribution < -0.4 is 0 Å². The second-order valence-corrected chi connectivity index (χ2v) is 4.21. The van der Waals surface area contributed by atoms with Gasteiger partial charge in [0.25, 0.3) is 0 Å². The lowest BCUT2D eigenvalue weighted by Gasteiger charge is -2.09. The Labute approximate surface area is 95.6 Å². The van der Waals surface area contributed by atoms with Crippen molar-refractivity contribution in [3.63, 3.8) is 0 Å². The van der Waals surface area contributed by atoms with Crippen molar-refractivity contribution in [2.75, 3.05) is 6.61 Å². The number of carbonyl (C=O) groups excluding carboxylic acids is 1. The predicted octanol–water partition coefficient (Wildman–Crippen LogP) is 2.04. The molecule has 1 aromatic heterocycles. The van der Waals surface area contributed by atoms with Crippen LogP contribution in [0.1, 0.15) is 43.2 Å². The quantitative estimate of drug-likeness (QED) is 0.716. The van der Waals surface area contributed by atoms with Crippen molar-refractivity contribution in [2.24, 2.45) is 0 Å². The first-order valence-electron chi connectivity index (χ1n) is 5.97. The molecule has 2 heterocycles. The van der Waals surface area contributed by atoms with Crippen LogP contribution in [-0.2, 0) is 11.3 Å². The number of ketones is 1. The van der Waals surface area contributed by atoms with Crippen LogP contribution in [0.3, 0.4) is 0 Å². The van der Waals surface area contributed by atoms with E-state index in [0.29, 0.717) is 12.2 Å². The molecule has 16 heavy (non-hydrogen) atoms. The number of hydrogen-bond acceptors (Lipinski definition) is 3. The number of carbonyl (C=O) groups is 1. The van der Waals surface area contributed by atoms with Gasteiger partial charge in [0.1, 0.15) is 0 Å². The fourth-order valence-electron chi connectivity index (χ4n) is 2.09. The molecule has 0 saturated carbocycles. The third kappa shape index (κ3) is 2.50. The van der Waals surface area contributed by atoms with Gasteiger partial charge in [-0.3, -0.25) is 4.79 Å². The van der Waals surface area contributed by atoms with E-state index in [4.69, 9.17) is 4.74 Å². The average Bonchev–Trinajstić information content (AvgIpc) is 2.89. The van der Waals surface area contributed by atoms with Crippen molar-refractivity contribution in [3.05, 3.63) is 18.2 Å². The van der Waals surface area contributed by atoms with Crippen LogP contribution in [0, 0.1) is 0 Å². The third-order valence-corrected chi connectivity index (χ3v) is 2.87. The van der Waals surface area contributed by atoms with Crippen LogP contribution in [-0.4, -0.2) is 28.0 Å². The topological polar surface area (TPSA) is 44.1 Å². The number of aryl methyl sites for hydroxylation is 1. The molecule has 1 atom stereocenters.